The summed E-state index contributed by atoms with van der Waals surface area (Å²) in [5, 5.41) is 3.30. The second kappa shape index (κ2) is 9.97. The molecular formula is C21H26ClN3O. The first-order valence-electron chi connectivity index (χ1n) is 9.01. The number of hydrogen-bond donors (Lipinski definition) is 1. The number of hydrogen-bond acceptors (Lipinski definition) is 3. The Morgan fingerprint density at radius 3 is 2.38 bits per heavy atom. The molecule has 2 aromatic rings. The maximum atomic E-state index is 12.1. The van der Waals surface area contributed by atoms with Gasteiger partial charge in [-0.25, -0.2) is 4.99 Å². The fourth-order valence-corrected chi connectivity index (χ4v) is 2.92. The first kappa shape index (κ1) is 20.0. The average Bonchev–Trinajstić information content (AvgIpc) is 3.00. The number of carbonyl (C=O) groups excluding carboxylic acids is 1. The molecule has 138 valence electrons. The van der Waals surface area contributed by atoms with E-state index < -0.39 is 0 Å². The van der Waals surface area contributed by atoms with Crippen molar-refractivity contribution in [1.82, 2.24) is 4.90 Å². The Morgan fingerprint density at radius 2 is 1.69 bits per heavy atom. The predicted molar refractivity (Wildman–Crippen MR) is 110 cm³/mol. The molecule has 0 saturated heterocycles. The Hall–Kier alpha value is -2.33. The monoisotopic (exact) mass is 371 g/mol. The van der Waals surface area contributed by atoms with Gasteiger partial charge in [0.05, 0.1) is 0 Å². The molecule has 0 aromatic heterocycles. The second-order valence-electron chi connectivity index (χ2n) is 6.35. The third kappa shape index (κ3) is 5.33. The van der Waals surface area contributed by atoms with Gasteiger partial charge in [-0.3, -0.25) is 9.69 Å². The van der Waals surface area contributed by atoms with E-state index in [-0.39, 0.29) is 24.9 Å². The summed E-state index contributed by atoms with van der Waals surface area (Å²) in [6.45, 7) is 3.07. The lowest BCUT2D eigenvalue weighted by atomic mass is 10.1. The van der Waals surface area contributed by atoms with Crippen LogP contribution in [0.1, 0.15) is 30.9 Å². The fraction of sp³-hybridized carbons (Fsp3) is 0.333. The molecule has 0 spiro atoms. The first-order valence-corrected chi connectivity index (χ1v) is 9.01. The number of benzene rings is 2. The predicted octanol–water partition coefficient (Wildman–Crippen LogP) is 4.30. The summed E-state index contributed by atoms with van der Waals surface area (Å²) in [7, 11) is 0. The van der Waals surface area contributed by atoms with Gasteiger partial charge in [-0.15, -0.1) is 12.4 Å². The molecule has 0 fully saturated rings. The number of nitrogens with one attached hydrogen (secondary N) is 1. The highest BCUT2D eigenvalue weighted by molar-refractivity contribution is 6.08. The third-order valence-corrected chi connectivity index (χ3v) is 4.42. The Kier molecular flexibility index (Phi) is 7.67. The van der Waals surface area contributed by atoms with Crippen molar-refractivity contribution in [1.29, 1.82) is 0 Å². The summed E-state index contributed by atoms with van der Waals surface area (Å²) in [6.07, 6.45) is 4.35. The lowest BCUT2D eigenvalue weighted by Crippen LogP contribution is -2.38. The normalized spacial score (nSPS) is 13.3. The minimum Gasteiger partial charge on any atom is -0.326 e. The summed E-state index contributed by atoms with van der Waals surface area (Å²) in [5.41, 5.74) is 3.54. The van der Waals surface area contributed by atoms with E-state index >= 15 is 0 Å². The van der Waals surface area contributed by atoms with Crippen molar-refractivity contribution in [3.63, 3.8) is 0 Å². The molecule has 26 heavy (non-hydrogen) atoms. The fourth-order valence-electron chi connectivity index (χ4n) is 2.92. The number of aliphatic imine (C=N–C) groups is 1. The first-order chi connectivity index (χ1) is 12.3. The van der Waals surface area contributed by atoms with Crippen LogP contribution in [0.3, 0.4) is 0 Å². The molecule has 0 aliphatic carbocycles. The van der Waals surface area contributed by atoms with Gasteiger partial charge in [0.15, 0.2) is 0 Å². The van der Waals surface area contributed by atoms with E-state index in [0.29, 0.717) is 12.5 Å². The summed E-state index contributed by atoms with van der Waals surface area (Å²) in [5.74, 6) is 0.709. The number of unbranched alkanes of at least 4 members (excludes halogenated alkanes) is 1. The number of aryl methyl sites for hydroxylation is 1. The lowest BCUT2D eigenvalue weighted by molar-refractivity contribution is -0.124. The molecule has 0 bridgehead atoms. The molecule has 3 rings (SSSR count). The zero-order valence-electron chi connectivity index (χ0n) is 15.1. The molecule has 5 heteroatoms. The third-order valence-electron chi connectivity index (χ3n) is 4.42. The molecular weight excluding hydrogens is 346 g/mol. The number of halogens is 1. The second-order valence-corrected chi connectivity index (χ2v) is 6.35. The summed E-state index contributed by atoms with van der Waals surface area (Å²) in [4.78, 5) is 18.2. The van der Waals surface area contributed by atoms with E-state index in [2.05, 4.69) is 53.6 Å². The van der Waals surface area contributed by atoms with Gasteiger partial charge in [-0.05, 0) is 42.5 Å². The van der Waals surface area contributed by atoms with E-state index in [1.807, 2.05) is 18.2 Å². The largest absolute Gasteiger partial charge is 0.326 e. The van der Waals surface area contributed by atoms with Gasteiger partial charge in [-0.2, -0.15) is 0 Å². The van der Waals surface area contributed by atoms with Crippen LogP contribution in [0.4, 0.5) is 5.69 Å². The molecule has 4 nitrogen and oxygen atoms in total. The average molecular weight is 372 g/mol. The Bertz CT molecular complexity index is 729. The minimum absolute atomic E-state index is 0. The van der Waals surface area contributed by atoms with Crippen molar-refractivity contribution in [2.24, 2.45) is 4.99 Å². The van der Waals surface area contributed by atoms with Gasteiger partial charge in [0.2, 0.25) is 5.96 Å². The van der Waals surface area contributed by atoms with Crippen molar-refractivity contribution in [2.75, 3.05) is 18.4 Å². The van der Waals surface area contributed by atoms with Crippen LogP contribution >= 0.6 is 12.4 Å². The van der Waals surface area contributed by atoms with Crippen molar-refractivity contribution >= 4 is 30.0 Å². The smallest absolute Gasteiger partial charge is 0.251 e. The van der Waals surface area contributed by atoms with Gasteiger partial charge >= 0.3 is 0 Å². The van der Waals surface area contributed by atoms with E-state index in [4.69, 9.17) is 0 Å². The topological polar surface area (TPSA) is 44.7 Å². The van der Waals surface area contributed by atoms with Crippen LogP contribution in [0.5, 0.6) is 0 Å². The van der Waals surface area contributed by atoms with Gasteiger partial charge < -0.3 is 5.32 Å². The molecule has 0 saturated carbocycles. The number of guanidine groups is 1. The van der Waals surface area contributed by atoms with Gasteiger partial charge in [0, 0.05) is 12.2 Å². The molecule has 1 amide bonds. The van der Waals surface area contributed by atoms with Gasteiger partial charge in [0.1, 0.15) is 6.54 Å². The van der Waals surface area contributed by atoms with E-state index in [0.717, 1.165) is 18.5 Å². The van der Waals surface area contributed by atoms with E-state index in [1.165, 1.54) is 24.0 Å². The van der Waals surface area contributed by atoms with E-state index in [9.17, 15) is 4.79 Å². The number of nitrogens with zero attached hydrogens (tertiary/aromatic N) is 2. The highest BCUT2D eigenvalue weighted by Gasteiger charge is 2.25. The quantitative estimate of drug-likeness (QED) is 0.788. The zero-order valence-corrected chi connectivity index (χ0v) is 16.0. The van der Waals surface area contributed by atoms with Crippen molar-refractivity contribution in [3.05, 3.63) is 65.7 Å². The Morgan fingerprint density at radius 1 is 1.00 bits per heavy atom. The lowest BCUT2D eigenvalue weighted by Gasteiger charge is -2.19. The minimum atomic E-state index is 0. The Balaban J connectivity index is 0.00000243. The molecule has 0 atom stereocenters. The summed E-state index contributed by atoms with van der Waals surface area (Å²) >= 11 is 0. The van der Waals surface area contributed by atoms with Crippen LogP contribution in [-0.4, -0.2) is 29.9 Å². The number of carbonyl (C=O) groups is 1. The number of amides is 1. The van der Waals surface area contributed by atoms with Gasteiger partial charge in [-0.1, -0.05) is 55.8 Å². The van der Waals surface area contributed by atoms with Crippen LogP contribution in [0.25, 0.3) is 0 Å². The van der Waals surface area contributed by atoms with Crippen LogP contribution in [0, 0.1) is 0 Å². The highest BCUT2D eigenvalue weighted by atomic mass is 35.5. The van der Waals surface area contributed by atoms with Crippen LogP contribution < -0.4 is 5.32 Å². The Labute approximate surface area is 161 Å². The van der Waals surface area contributed by atoms with Gasteiger partial charge in [0.25, 0.3) is 5.91 Å². The molecule has 1 heterocycles. The SMILES string of the molecule is CCCCc1ccc(NC2=NCC(=O)N2CCc2ccccc2)cc1.Cl. The number of anilines is 1. The molecule has 1 aliphatic rings. The van der Waals surface area contributed by atoms with Crippen LogP contribution in [-0.2, 0) is 17.6 Å². The zero-order chi connectivity index (χ0) is 17.5. The summed E-state index contributed by atoms with van der Waals surface area (Å²) < 4.78 is 0. The molecule has 1 N–H and O–H groups in total. The van der Waals surface area contributed by atoms with Crippen molar-refractivity contribution < 1.29 is 4.79 Å². The van der Waals surface area contributed by atoms with Crippen LogP contribution in [0.15, 0.2) is 59.6 Å². The van der Waals surface area contributed by atoms with Crippen molar-refractivity contribution in [3.8, 4) is 0 Å². The summed E-state index contributed by atoms with van der Waals surface area (Å²) in [6, 6.07) is 18.6. The maximum Gasteiger partial charge on any atom is 0.251 e. The highest BCUT2D eigenvalue weighted by Crippen LogP contribution is 2.15. The molecule has 0 radical (unpaired) electrons. The van der Waals surface area contributed by atoms with Crippen molar-refractivity contribution in [2.45, 2.75) is 32.6 Å². The molecule has 0 unspecified atom stereocenters. The van der Waals surface area contributed by atoms with Crippen LogP contribution in [0.2, 0.25) is 0 Å². The van der Waals surface area contributed by atoms with E-state index in [1.54, 1.807) is 4.90 Å². The maximum absolute atomic E-state index is 12.1. The molecule has 2 aromatic carbocycles. The standard InChI is InChI=1S/C21H25N3O.ClH/c1-2-3-7-18-10-12-19(13-11-18)23-21-22-16-20(25)24(21)15-14-17-8-5-4-6-9-17;/h4-6,8-13H,2-3,7,14-16H2,1H3,(H,22,23);1H. The molecule has 1 aliphatic heterocycles. The number of rotatable bonds is 7.